The molecule has 1 aromatic carbocycles. The molecule has 4 nitrogen and oxygen atoms in total. The molecule has 2 aliphatic rings. The fourth-order valence-corrected chi connectivity index (χ4v) is 6.42. The highest BCUT2D eigenvalue weighted by molar-refractivity contribution is 7.99. The highest BCUT2D eigenvalue weighted by Gasteiger charge is 2.42. The molecule has 33 heavy (non-hydrogen) atoms. The summed E-state index contributed by atoms with van der Waals surface area (Å²) in [6.45, 7) is 6.38. The number of dihydropyridines is 1. The first kappa shape index (κ1) is 24.1. The first-order chi connectivity index (χ1) is 15.9. The lowest BCUT2D eigenvalue weighted by Crippen LogP contribution is -2.36. The number of thioether (sulfide) groups is 1. The quantitative estimate of drug-likeness (QED) is 0.353. The van der Waals surface area contributed by atoms with E-state index in [4.69, 9.17) is 16.3 Å². The predicted molar refractivity (Wildman–Crippen MR) is 137 cm³/mol. The lowest BCUT2D eigenvalue weighted by atomic mass is 9.73. The molecule has 4 rings (SSSR count). The Hall–Kier alpha value is -2.02. The molecule has 0 bridgehead atoms. The van der Waals surface area contributed by atoms with Crippen LogP contribution in [0.25, 0.3) is 0 Å². The molecular weight excluding hydrogens is 474 g/mol. The van der Waals surface area contributed by atoms with Gasteiger partial charge in [-0.3, -0.25) is 4.79 Å². The Kier molecular flexibility index (Phi) is 7.67. The molecule has 0 unspecified atom stereocenters. The van der Waals surface area contributed by atoms with Crippen molar-refractivity contribution in [3.05, 3.63) is 79.3 Å². The molecule has 7 heteroatoms. The third-order valence-corrected chi connectivity index (χ3v) is 8.38. The Labute approximate surface area is 208 Å². The van der Waals surface area contributed by atoms with Gasteiger partial charge in [-0.05, 0) is 55.7 Å². The van der Waals surface area contributed by atoms with Crippen LogP contribution in [0.1, 0.15) is 53.8 Å². The van der Waals surface area contributed by atoms with Crippen LogP contribution in [0.2, 0.25) is 5.02 Å². The first-order valence-corrected chi connectivity index (χ1v) is 13.5. The summed E-state index contributed by atoms with van der Waals surface area (Å²) in [6.07, 6.45) is 1.05. The van der Waals surface area contributed by atoms with E-state index < -0.39 is 5.92 Å². The topological polar surface area (TPSA) is 55.4 Å². The zero-order chi connectivity index (χ0) is 23.5. The van der Waals surface area contributed by atoms with E-state index in [-0.39, 0.29) is 17.7 Å². The number of ketones is 1. The van der Waals surface area contributed by atoms with Crippen LogP contribution in [-0.4, -0.2) is 29.9 Å². The second-order valence-corrected chi connectivity index (χ2v) is 11.4. The zero-order valence-electron chi connectivity index (χ0n) is 19.1. The van der Waals surface area contributed by atoms with E-state index in [0.717, 1.165) is 38.2 Å². The van der Waals surface area contributed by atoms with E-state index in [2.05, 4.69) is 12.2 Å². The number of hydrogen-bond donors (Lipinski definition) is 1. The molecule has 0 saturated heterocycles. The van der Waals surface area contributed by atoms with Gasteiger partial charge in [-0.2, -0.15) is 11.8 Å². The molecule has 0 saturated carbocycles. The smallest absolute Gasteiger partial charge is 0.336 e. The van der Waals surface area contributed by atoms with Crippen molar-refractivity contribution in [2.75, 3.05) is 18.1 Å². The van der Waals surface area contributed by atoms with Crippen molar-refractivity contribution in [1.29, 1.82) is 0 Å². The van der Waals surface area contributed by atoms with Crippen molar-refractivity contribution in [2.45, 2.75) is 45.4 Å². The molecular formula is C26H28ClNO3S2. The maximum Gasteiger partial charge on any atom is 0.336 e. The van der Waals surface area contributed by atoms with Gasteiger partial charge in [0, 0.05) is 43.9 Å². The molecule has 2 heterocycles. The number of benzene rings is 1. The van der Waals surface area contributed by atoms with Crippen LogP contribution in [0.15, 0.2) is 58.9 Å². The predicted octanol–water partition coefficient (Wildman–Crippen LogP) is 6.37. The van der Waals surface area contributed by atoms with Crippen molar-refractivity contribution in [2.24, 2.45) is 0 Å². The van der Waals surface area contributed by atoms with E-state index >= 15 is 0 Å². The number of nitrogens with one attached hydrogen (secondary N) is 1. The maximum atomic E-state index is 13.6. The summed E-state index contributed by atoms with van der Waals surface area (Å²) in [7, 11) is 0. The molecule has 2 atom stereocenters. The number of thiophene rings is 1. The van der Waals surface area contributed by atoms with Gasteiger partial charge in [0.25, 0.3) is 0 Å². The number of Topliss-reactive ketones (excluding diaryl/α,β-unsaturated/α-hetero) is 1. The lowest BCUT2D eigenvalue weighted by molar-refractivity contribution is -0.138. The van der Waals surface area contributed by atoms with Gasteiger partial charge in [0.2, 0.25) is 0 Å². The van der Waals surface area contributed by atoms with Crippen molar-refractivity contribution in [3.63, 3.8) is 0 Å². The SMILES string of the molecule is CCSCCOC(=O)C1=C(C)NC2=C(C(=O)C[C@@H](c3ccccc3Cl)C2)[C@@H]1c1ccc(C)s1. The molecule has 0 amide bonds. The van der Waals surface area contributed by atoms with E-state index in [0.29, 0.717) is 35.6 Å². The molecule has 1 N–H and O–H groups in total. The zero-order valence-corrected chi connectivity index (χ0v) is 21.5. The monoisotopic (exact) mass is 501 g/mol. The van der Waals surface area contributed by atoms with Crippen LogP contribution < -0.4 is 5.32 Å². The second kappa shape index (κ2) is 10.5. The Balaban J connectivity index is 1.70. The van der Waals surface area contributed by atoms with Gasteiger partial charge in [-0.25, -0.2) is 4.79 Å². The van der Waals surface area contributed by atoms with Gasteiger partial charge < -0.3 is 10.1 Å². The van der Waals surface area contributed by atoms with Crippen LogP contribution >= 0.6 is 34.7 Å². The van der Waals surface area contributed by atoms with Crippen molar-refractivity contribution in [1.82, 2.24) is 5.32 Å². The number of carbonyl (C=O) groups excluding carboxylic acids is 2. The molecule has 0 spiro atoms. The average molecular weight is 502 g/mol. The summed E-state index contributed by atoms with van der Waals surface area (Å²) < 4.78 is 5.63. The van der Waals surface area contributed by atoms with Gasteiger partial charge >= 0.3 is 5.97 Å². The van der Waals surface area contributed by atoms with Crippen LogP contribution in [0, 0.1) is 6.92 Å². The molecule has 1 aliphatic heterocycles. The summed E-state index contributed by atoms with van der Waals surface area (Å²) in [5.41, 5.74) is 3.88. The minimum absolute atomic E-state index is 0.00976. The Morgan fingerprint density at radius 2 is 2.00 bits per heavy atom. The molecule has 1 aliphatic carbocycles. The highest BCUT2D eigenvalue weighted by Crippen LogP contribution is 2.47. The highest BCUT2D eigenvalue weighted by atomic mass is 35.5. The van der Waals surface area contributed by atoms with E-state index in [1.54, 1.807) is 23.1 Å². The fraction of sp³-hybridized carbons (Fsp3) is 0.385. The number of halogens is 1. The lowest BCUT2D eigenvalue weighted by Gasteiger charge is -2.36. The number of carbonyl (C=O) groups is 2. The van der Waals surface area contributed by atoms with E-state index in [1.807, 2.05) is 50.2 Å². The van der Waals surface area contributed by atoms with Crippen molar-refractivity contribution in [3.8, 4) is 0 Å². The van der Waals surface area contributed by atoms with Crippen molar-refractivity contribution < 1.29 is 14.3 Å². The minimum atomic E-state index is -0.397. The molecule has 0 fully saturated rings. The third-order valence-electron chi connectivity index (χ3n) is 6.10. The van der Waals surface area contributed by atoms with Gasteiger partial charge in [0.05, 0.1) is 11.5 Å². The largest absolute Gasteiger partial charge is 0.461 e. The first-order valence-electron chi connectivity index (χ1n) is 11.2. The standard InChI is InChI=1S/C26H28ClNO3S2/c1-4-32-12-11-31-26(30)23-16(3)28-20-13-17(18-7-5-6-8-19(18)27)14-21(29)24(20)25(23)22-10-9-15(2)33-22/h5-10,17,25,28H,4,11-14H2,1-3H3/t17-,25+/m0/s1. The average Bonchev–Trinajstić information content (AvgIpc) is 3.21. The van der Waals surface area contributed by atoms with Gasteiger partial charge in [-0.15, -0.1) is 11.3 Å². The minimum Gasteiger partial charge on any atom is -0.461 e. The number of esters is 1. The number of ether oxygens (including phenoxy) is 1. The number of hydrogen-bond acceptors (Lipinski definition) is 6. The Morgan fingerprint density at radius 3 is 2.70 bits per heavy atom. The summed E-state index contributed by atoms with van der Waals surface area (Å²) >= 11 is 9.81. The Morgan fingerprint density at radius 1 is 1.21 bits per heavy atom. The fourth-order valence-electron chi connectivity index (χ4n) is 4.64. The third kappa shape index (κ3) is 5.08. The molecule has 0 radical (unpaired) electrons. The van der Waals surface area contributed by atoms with Gasteiger partial charge in [0.1, 0.15) is 6.61 Å². The van der Waals surface area contributed by atoms with Crippen molar-refractivity contribution >= 4 is 46.5 Å². The summed E-state index contributed by atoms with van der Waals surface area (Å²) in [5, 5.41) is 4.08. The molecule has 1 aromatic heterocycles. The maximum absolute atomic E-state index is 13.6. The number of rotatable bonds is 7. The summed E-state index contributed by atoms with van der Waals surface area (Å²) in [5.74, 6) is 1.07. The number of allylic oxidation sites excluding steroid dienone is 3. The second-order valence-electron chi connectivity index (χ2n) is 8.32. The van der Waals surface area contributed by atoms with E-state index in [9.17, 15) is 9.59 Å². The van der Waals surface area contributed by atoms with Crippen LogP contribution in [-0.2, 0) is 14.3 Å². The van der Waals surface area contributed by atoms with Crippen LogP contribution in [0.3, 0.4) is 0 Å². The van der Waals surface area contributed by atoms with Crippen LogP contribution in [0.5, 0.6) is 0 Å². The molecule has 2 aromatic rings. The number of aryl methyl sites for hydroxylation is 1. The van der Waals surface area contributed by atoms with Gasteiger partial charge in [0.15, 0.2) is 5.78 Å². The van der Waals surface area contributed by atoms with Crippen LogP contribution in [0.4, 0.5) is 0 Å². The van der Waals surface area contributed by atoms with E-state index in [1.165, 1.54) is 0 Å². The Bertz CT molecular complexity index is 1130. The summed E-state index contributed by atoms with van der Waals surface area (Å²) in [4.78, 5) is 28.9. The normalized spacial score (nSPS) is 20.5. The summed E-state index contributed by atoms with van der Waals surface area (Å²) in [6, 6.07) is 11.8. The van der Waals surface area contributed by atoms with Gasteiger partial charge in [-0.1, -0.05) is 36.7 Å². The molecule has 174 valence electrons.